The zero-order valence-corrected chi connectivity index (χ0v) is 17.7. The molecule has 0 aliphatic rings. The minimum absolute atomic E-state index is 0.110. The minimum atomic E-state index is 0.110. The number of aryl methyl sites for hydroxylation is 2. The zero-order chi connectivity index (χ0) is 22.2. The fraction of sp³-hybridized carbons (Fsp3) is 0.0741. The maximum absolute atomic E-state index is 10.7. The highest BCUT2D eigenvalue weighted by Gasteiger charge is 2.24. The molecule has 2 heterocycles. The normalized spacial score (nSPS) is 10.9. The molecule has 5 rings (SSSR count). The number of rotatable bonds is 3. The first kappa shape index (κ1) is 19.5. The molecule has 0 saturated carbocycles. The number of nitrogens with zero attached hydrogens (tertiary/aromatic N) is 4. The van der Waals surface area contributed by atoms with Crippen LogP contribution < -0.4 is 0 Å². The number of hydrogen-bond donors (Lipinski definition) is 1. The Hall–Kier alpha value is -4.43. The van der Waals surface area contributed by atoms with Crippen molar-refractivity contribution in [2.75, 3.05) is 0 Å². The molecule has 2 aromatic heterocycles. The molecule has 0 bridgehead atoms. The van der Waals surface area contributed by atoms with Gasteiger partial charge in [0.25, 0.3) is 0 Å². The molecule has 0 atom stereocenters. The molecule has 3 aromatic carbocycles. The number of benzene rings is 3. The van der Waals surface area contributed by atoms with Crippen LogP contribution in [0.25, 0.3) is 39.1 Å². The molecule has 0 spiro atoms. The first-order valence-corrected chi connectivity index (χ1v) is 10.3. The molecule has 0 unspecified atom stereocenters. The van der Waals surface area contributed by atoms with Crippen molar-refractivity contribution in [2.45, 2.75) is 13.8 Å². The summed E-state index contributed by atoms with van der Waals surface area (Å²) in [7, 11) is 0. The van der Waals surface area contributed by atoms with Gasteiger partial charge in [-0.2, -0.15) is 10.4 Å². The third kappa shape index (κ3) is 3.10. The van der Waals surface area contributed by atoms with Crippen LogP contribution in [0, 0.1) is 25.2 Å². The van der Waals surface area contributed by atoms with E-state index in [-0.39, 0.29) is 5.75 Å². The molecule has 5 aromatic rings. The summed E-state index contributed by atoms with van der Waals surface area (Å²) in [5.74, 6) is 0.110. The molecule has 32 heavy (non-hydrogen) atoms. The number of phenolic OH excluding ortho intramolecular Hbond substituents is 1. The Morgan fingerprint density at radius 1 is 0.906 bits per heavy atom. The largest absolute Gasteiger partial charge is 0.507 e. The second kappa shape index (κ2) is 7.68. The SMILES string of the molecule is Cc1cccc(-c2nc3c(c(C)nn3-c3ccccc3)c(-c3ccccc3O)c2C#N)c1. The van der Waals surface area contributed by atoms with Crippen LogP contribution >= 0.6 is 0 Å². The second-order valence-electron chi connectivity index (χ2n) is 7.74. The molecule has 0 saturated heterocycles. The number of phenols is 1. The van der Waals surface area contributed by atoms with Crippen molar-refractivity contribution in [2.24, 2.45) is 0 Å². The predicted molar refractivity (Wildman–Crippen MR) is 126 cm³/mol. The standard InChI is InChI=1S/C27H20N4O/c1-17-9-8-10-19(15-17)26-22(16-28)25(21-13-6-7-14-23(21)32)24-18(2)30-31(27(24)29-26)20-11-4-3-5-12-20/h3-15,32H,1-2H3. The Bertz CT molecular complexity index is 1510. The Morgan fingerprint density at radius 3 is 2.38 bits per heavy atom. The number of nitriles is 1. The van der Waals surface area contributed by atoms with Crippen LogP contribution in [0.15, 0.2) is 78.9 Å². The van der Waals surface area contributed by atoms with E-state index in [0.717, 1.165) is 27.9 Å². The number of aromatic hydroxyl groups is 1. The quantitative estimate of drug-likeness (QED) is 0.394. The summed E-state index contributed by atoms with van der Waals surface area (Å²) in [6, 6.07) is 27.2. The molecule has 0 aliphatic carbocycles. The molecule has 5 nitrogen and oxygen atoms in total. The predicted octanol–water partition coefficient (Wildman–Crippen LogP) is 5.95. The minimum Gasteiger partial charge on any atom is -0.507 e. The van der Waals surface area contributed by atoms with Crippen LogP contribution in [-0.4, -0.2) is 19.9 Å². The summed E-state index contributed by atoms with van der Waals surface area (Å²) < 4.78 is 1.80. The van der Waals surface area contributed by atoms with Crippen LogP contribution in [0.2, 0.25) is 0 Å². The summed E-state index contributed by atoms with van der Waals surface area (Å²) in [5.41, 5.74) is 6.39. The van der Waals surface area contributed by atoms with Gasteiger partial charge in [-0.25, -0.2) is 9.67 Å². The van der Waals surface area contributed by atoms with Crippen LogP contribution in [0.3, 0.4) is 0 Å². The van der Waals surface area contributed by atoms with Gasteiger partial charge < -0.3 is 5.11 Å². The molecule has 154 valence electrons. The number of hydrogen-bond acceptors (Lipinski definition) is 4. The van der Waals surface area contributed by atoms with E-state index in [1.165, 1.54) is 0 Å². The highest BCUT2D eigenvalue weighted by molar-refractivity contribution is 6.02. The first-order valence-electron chi connectivity index (χ1n) is 10.3. The highest BCUT2D eigenvalue weighted by Crippen LogP contribution is 2.41. The lowest BCUT2D eigenvalue weighted by Gasteiger charge is -2.14. The van der Waals surface area contributed by atoms with Crippen molar-refractivity contribution >= 4 is 11.0 Å². The molecule has 1 N–H and O–H groups in total. The van der Waals surface area contributed by atoms with E-state index in [0.29, 0.717) is 28.0 Å². The first-order chi connectivity index (χ1) is 15.6. The van der Waals surface area contributed by atoms with Crippen LogP contribution in [-0.2, 0) is 0 Å². The van der Waals surface area contributed by atoms with Crippen molar-refractivity contribution in [3.05, 3.63) is 95.7 Å². The lowest BCUT2D eigenvalue weighted by molar-refractivity contribution is 0.477. The topological polar surface area (TPSA) is 74.7 Å². The lowest BCUT2D eigenvalue weighted by Crippen LogP contribution is -2.01. The van der Waals surface area contributed by atoms with Gasteiger partial charge in [0.2, 0.25) is 0 Å². The van der Waals surface area contributed by atoms with Gasteiger partial charge in [0.1, 0.15) is 11.8 Å². The second-order valence-corrected chi connectivity index (χ2v) is 7.74. The molecule has 0 aliphatic heterocycles. The Balaban J connectivity index is 1.97. The zero-order valence-electron chi connectivity index (χ0n) is 17.7. The van der Waals surface area contributed by atoms with Gasteiger partial charge in [0.05, 0.1) is 28.0 Å². The third-order valence-corrected chi connectivity index (χ3v) is 5.57. The summed E-state index contributed by atoms with van der Waals surface area (Å²) in [6.07, 6.45) is 0. The van der Waals surface area contributed by atoms with E-state index in [4.69, 9.17) is 10.1 Å². The highest BCUT2D eigenvalue weighted by atomic mass is 16.3. The number of aromatic nitrogens is 3. The summed E-state index contributed by atoms with van der Waals surface area (Å²) in [4.78, 5) is 4.97. The van der Waals surface area contributed by atoms with E-state index in [1.807, 2.05) is 80.6 Å². The average Bonchev–Trinajstić information content (AvgIpc) is 3.15. The van der Waals surface area contributed by atoms with E-state index in [2.05, 4.69) is 6.07 Å². The smallest absolute Gasteiger partial charge is 0.164 e. The van der Waals surface area contributed by atoms with Crippen molar-refractivity contribution in [1.29, 1.82) is 5.26 Å². The van der Waals surface area contributed by atoms with Crippen LogP contribution in [0.4, 0.5) is 0 Å². The van der Waals surface area contributed by atoms with Crippen LogP contribution in [0.1, 0.15) is 16.8 Å². The Kier molecular flexibility index (Phi) is 4.68. The number of pyridine rings is 1. The van der Waals surface area contributed by atoms with E-state index in [1.54, 1.807) is 16.8 Å². The third-order valence-electron chi connectivity index (χ3n) is 5.57. The van der Waals surface area contributed by atoms with Crippen molar-refractivity contribution in [1.82, 2.24) is 14.8 Å². The number of para-hydroxylation sites is 2. The van der Waals surface area contributed by atoms with Gasteiger partial charge in [0, 0.05) is 16.7 Å². The molecule has 0 amide bonds. The van der Waals surface area contributed by atoms with E-state index < -0.39 is 0 Å². The van der Waals surface area contributed by atoms with E-state index in [9.17, 15) is 10.4 Å². The van der Waals surface area contributed by atoms with Crippen LogP contribution in [0.5, 0.6) is 5.75 Å². The van der Waals surface area contributed by atoms with Gasteiger partial charge in [-0.05, 0) is 38.1 Å². The molecule has 5 heteroatoms. The number of fused-ring (bicyclic) bond motifs is 1. The fourth-order valence-corrected chi connectivity index (χ4v) is 4.13. The maximum Gasteiger partial charge on any atom is 0.164 e. The monoisotopic (exact) mass is 416 g/mol. The molecular weight excluding hydrogens is 396 g/mol. The average molecular weight is 416 g/mol. The van der Waals surface area contributed by atoms with Gasteiger partial charge in [-0.1, -0.05) is 60.2 Å². The Morgan fingerprint density at radius 2 is 1.66 bits per heavy atom. The van der Waals surface area contributed by atoms with Gasteiger partial charge >= 0.3 is 0 Å². The van der Waals surface area contributed by atoms with Crippen molar-refractivity contribution in [3.63, 3.8) is 0 Å². The van der Waals surface area contributed by atoms with Crippen molar-refractivity contribution < 1.29 is 5.11 Å². The molecular formula is C27H20N4O. The lowest BCUT2D eigenvalue weighted by atomic mass is 9.92. The molecule has 0 radical (unpaired) electrons. The molecule has 0 fully saturated rings. The fourth-order valence-electron chi connectivity index (χ4n) is 4.13. The van der Waals surface area contributed by atoms with E-state index >= 15 is 0 Å². The summed E-state index contributed by atoms with van der Waals surface area (Å²) in [5, 5.41) is 26.5. The van der Waals surface area contributed by atoms with Gasteiger partial charge in [-0.15, -0.1) is 0 Å². The van der Waals surface area contributed by atoms with Gasteiger partial charge in [-0.3, -0.25) is 0 Å². The summed E-state index contributed by atoms with van der Waals surface area (Å²) >= 11 is 0. The maximum atomic E-state index is 10.7. The van der Waals surface area contributed by atoms with Gasteiger partial charge in [0.15, 0.2) is 5.65 Å². The summed E-state index contributed by atoms with van der Waals surface area (Å²) in [6.45, 7) is 3.91. The van der Waals surface area contributed by atoms with Crippen molar-refractivity contribution in [3.8, 4) is 39.9 Å². The Labute approximate surface area is 185 Å².